The zero-order valence-electron chi connectivity index (χ0n) is 10.5. The Morgan fingerprint density at radius 2 is 2.28 bits per heavy atom. The summed E-state index contributed by atoms with van der Waals surface area (Å²) in [4.78, 5) is 14.3. The Kier molecular flexibility index (Phi) is 4.68. The number of rotatable bonds is 2. The number of carbonyl (C=O) groups excluding carboxylic acids is 1. The average molecular weight is 331 g/mol. The van der Waals surface area contributed by atoms with Crippen molar-refractivity contribution in [3.8, 4) is 0 Å². The molecule has 0 spiro atoms. The third kappa shape index (κ3) is 3.07. The maximum Gasteiger partial charge on any atom is 0.227 e. The van der Waals surface area contributed by atoms with Crippen molar-refractivity contribution in [2.24, 2.45) is 0 Å². The lowest BCUT2D eigenvalue weighted by atomic mass is 10.0. The Labute approximate surface area is 121 Å². The van der Waals surface area contributed by atoms with Gasteiger partial charge < -0.3 is 4.90 Å². The molecule has 98 valence electrons. The molecule has 1 heterocycles. The number of piperidine rings is 1. The van der Waals surface area contributed by atoms with Crippen LogP contribution in [-0.4, -0.2) is 23.4 Å². The number of amides is 1. The first kappa shape index (κ1) is 13.9. The molecule has 0 saturated carbocycles. The topological polar surface area (TPSA) is 20.3 Å². The van der Waals surface area contributed by atoms with Gasteiger partial charge in [0.15, 0.2) is 0 Å². The zero-order chi connectivity index (χ0) is 13.1. The summed E-state index contributed by atoms with van der Waals surface area (Å²) in [5.41, 5.74) is 0.963. The van der Waals surface area contributed by atoms with E-state index in [0.29, 0.717) is 17.5 Å². The van der Waals surface area contributed by atoms with Crippen LogP contribution < -0.4 is 0 Å². The van der Waals surface area contributed by atoms with E-state index in [2.05, 4.69) is 22.9 Å². The second-order valence-electron chi connectivity index (χ2n) is 4.82. The number of hydrogen-bond acceptors (Lipinski definition) is 1. The molecule has 1 aliphatic rings. The first-order chi connectivity index (χ1) is 8.59. The lowest BCUT2D eigenvalue weighted by Crippen LogP contribution is -2.42. The van der Waals surface area contributed by atoms with Gasteiger partial charge in [-0.25, -0.2) is 0 Å². The second kappa shape index (κ2) is 6.07. The first-order valence-corrected chi connectivity index (χ1v) is 7.49. The summed E-state index contributed by atoms with van der Waals surface area (Å²) < 4.78 is 0.838. The first-order valence-electron chi connectivity index (χ1n) is 6.32. The van der Waals surface area contributed by atoms with E-state index in [1.807, 2.05) is 23.1 Å². The highest BCUT2D eigenvalue weighted by Crippen LogP contribution is 2.27. The van der Waals surface area contributed by atoms with Gasteiger partial charge in [-0.15, -0.1) is 0 Å². The van der Waals surface area contributed by atoms with Crippen molar-refractivity contribution in [2.45, 2.75) is 38.6 Å². The van der Waals surface area contributed by atoms with Crippen molar-refractivity contribution in [1.29, 1.82) is 0 Å². The van der Waals surface area contributed by atoms with Crippen molar-refractivity contribution >= 4 is 33.4 Å². The number of likely N-dealkylation sites (tertiary alicyclic amines) is 1. The number of benzene rings is 1. The predicted molar refractivity (Wildman–Crippen MR) is 77.9 cm³/mol. The molecule has 2 nitrogen and oxygen atoms in total. The van der Waals surface area contributed by atoms with E-state index in [0.717, 1.165) is 29.4 Å². The molecular formula is C14H17BrClNO. The van der Waals surface area contributed by atoms with Gasteiger partial charge in [0.05, 0.1) is 11.4 Å². The van der Waals surface area contributed by atoms with Crippen LogP contribution in [0.2, 0.25) is 5.02 Å². The Hall–Kier alpha value is -0.540. The Morgan fingerprint density at radius 1 is 1.50 bits per heavy atom. The normalized spacial score (nSPS) is 19.9. The minimum atomic E-state index is 0.199. The molecule has 0 aliphatic carbocycles. The predicted octanol–water partition coefficient (Wildman–Crippen LogP) is 4.05. The maximum atomic E-state index is 12.3. The van der Waals surface area contributed by atoms with Gasteiger partial charge in [-0.1, -0.05) is 23.7 Å². The highest BCUT2D eigenvalue weighted by Gasteiger charge is 2.23. The van der Waals surface area contributed by atoms with E-state index >= 15 is 0 Å². The molecule has 1 aromatic rings. The van der Waals surface area contributed by atoms with Crippen molar-refractivity contribution < 1.29 is 4.79 Å². The largest absolute Gasteiger partial charge is 0.340 e. The summed E-state index contributed by atoms with van der Waals surface area (Å²) in [6.45, 7) is 3.02. The molecule has 0 aromatic heterocycles. The highest BCUT2D eigenvalue weighted by molar-refractivity contribution is 9.10. The van der Waals surface area contributed by atoms with Crippen LogP contribution >= 0.6 is 27.5 Å². The number of carbonyl (C=O) groups is 1. The quantitative estimate of drug-likeness (QED) is 0.801. The fourth-order valence-corrected chi connectivity index (χ4v) is 3.02. The molecule has 4 heteroatoms. The highest BCUT2D eigenvalue weighted by atomic mass is 79.9. The summed E-state index contributed by atoms with van der Waals surface area (Å²) in [7, 11) is 0. The van der Waals surface area contributed by atoms with Gasteiger partial charge in [-0.05, 0) is 53.7 Å². The molecule has 1 aliphatic heterocycles. The van der Waals surface area contributed by atoms with Gasteiger partial charge in [0.2, 0.25) is 5.91 Å². The molecule has 0 bridgehead atoms. The summed E-state index contributed by atoms with van der Waals surface area (Å²) in [5, 5.41) is 0.659. The molecular weight excluding hydrogens is 314 g/mol. The van der Waals surface area contributed by atoms with E-state index < -0.39 is 0 Å². The van der Waals surface area contributed by atoms with Crippen molar-refractivity contribution in [3.63, 3.8) is 0 Å². The van der Waals surface area contributed by atoms with Crippen LogP contribution in [0, 0.1) is 0 Å². The van der Waals surface area contributed by atoms with Crippen LogP contribution in [0.3, 0.4) is 0 Å². The molecule has 1 atom stereocenters. The number of hydrogen-bond donors (Lipinski definition) is 0. The Morgan fingerprint density at radius 3 is 3.00 bits per heavy atom. The van der Waals surface area contributed by atoms with Gasteiger partial charge in [0.25, 0.3) is 0 Å². The zero-order valence-corrected chi connectivity index (χ0v) is 12.8. The van der Waals surface area contributed by atoms with Crippen LogP contribution in [0.4, 0.5) is 0 Å². The molecule has 18 heavy (non-hydrogen) atoms. The summed E-state index contributed by atoms with van der Waals surface area (Å²) in [6.07, 6.45) is 3.88. The molecule has 0 radical (unpaired) electrons. The van der Waals surface area contributed by atoms with E-state index in [1.165, 1.54) is 6.42 Å². The van der Waals surface area contributed by atoms with E-state index in [9.17, 15) is 4.79 Å². The Bertz CT molecular complexity index is 449. The van der Waals surface area contributed by atoms with Gasteiger partial charge in [-0.2, -0.15) is 0 Å². The maximum absolute atomic E-state index is 12.3. The summed E-state index contributed by atoms with van der Waals surface area (Å²) in [5.74, 6) is 0.199. The van der Waals surface area contributed by atoms with Crippen LogP contribution in [0.1, 0.15) is 31.7 Å². The molecule has 1 unspecified atom stereocenters. The third-order valence-electron chi connectivity index (χ3n) is 3.50. The van der Waals surface area contributed by atoms with Gasteiger partial charge in [-0.3, -0.25) is 4.79 Å². The van der Waals surface area contributed by atoms with Gasteiger partial charge >= 0.3 is 0 Å². The van der Waals surface area contributed by atoms with Crippen LogP contribution in [0.25, 0.3) is 0 Å². The lowest BCUT2D eigenvalue weighted by Gasteiger charge is -2.33. The van der Waals surface area contributed by atoms with Crippen LogP contribution in [0.15, 0.2) is 22.7 Å². The van der Waals surface area contributed by atoms with Gasteiger partial charge in [0.1, 0.15) is 0 Å². The van der Waals surface area contributed by atoms with Crippen LogP contribution in [0.5, 0.6) is 0 Å². The van der Waals surface area contributed by atoms with Crippen molar-refractivity contribution in [1.82, 2.24) is 4.90 Å². The molecule has 2 rings (SSSR count). The third-order valence-corrected chi connectivity index (χ3v) is 4.98. The molecule has 1 amide bonds. The van der Waals surface area contributed by atoms with E-state index in [4.69, 9.17) is 11.6 Å². The number of halogens is 2. The standard InChI is InChI=1S/C14H17BrClNO/c1-10-5-2-3-8-17(10)13(18)9-11-6-4-7-12(16)14(11)15/h4,6-7,10H,2-3,5,8-9H2,1H3. The smallest absolute Gasteiger partial charge is 0.227 e. The summed E-state index contributed by atoms with van der Waals surface area (Å²) in [6, 6.07) is 6.02. The minimum Gasteiger partial charge on any atom is -0.340 e. The van der Waals surface area contributed by atoms with E-state index in [-0.39, 0.29) is 5.91 Å². The Balaban J connectivity index is 2.09. The van der Waals surface area contributed by atoms with Crippen molar-refractivity contribution in [3.05, 3.63) is 33.3 Å². The number of nitrogens with zero attached hydrogens (tertiary/aromatic N) is 1. The molecule has 1 fully saturated rings. The molecule has 1 saturated heterocycles. The average Bonchev–Trinajstić information content (AvgIpc) is 2.35. The van der Waals surface area contributed by atoms with Gasteiger partial charge in [0, 0.05) is 17.1 Å². The second-order valence-corrected chi connectivity index (χ2v) is 6.02. The minimum absolute atomic E-state index is 0.199. The molecule has 1 aromatic carbocycles. The monoisotopic (exact) mass is 329 g/mol. The van der Waals surface area contributed by atoms with Crippen LogP contribution in [-0.2, 0) is 11.2 Å². The molecule has 0 N–H and O–H groups in total. The fourth-order valence-electron chi connectivity index (χ4n) is 2.42. The SMILES string of the molecule is CC1CCCCN1C(=O)Cc1cccc(Cl)c1Br. The van der Waals surface area contributed by atoms with E-state index in [1.54, 1.807) is 0 Å². The fraction of sp³-hybridized carbons (Fsp3) is 0.500. The van der Waals surface area contributed by atoms with Crippen molar-refractivity contribution in [2.75, 3.05) is 6.54 Å². The lowest BCUT2D eigenvalue weighted by molar-refractivity contribution is -0.133. The summed E-state index contributed by atoms with van der Waals surface area (Å²) >= 11 is 9.49.